The van der Waals surface area contributed by atoms with Crippen LogP contribution in [0.4, 0.5) is 0 Å². The Kier molecular flexibility index (Phi) is 10.3. The van der Waals surface area contributed by atoms with E-state index < -0.39 is 6.04 Å². The molecule has 1 unspecified atom stereocenters. The van der Waals surface area contributed by atoms with Crippen LogP contribution < -0.4 is 5.32 Å². The highest BCUT2D eigenvalue weighted by Gasteiger charge is 2.30. The number of benzene rings is 3. The monoisotopic (exact) mass is 514 g/mol. The summed E-state index contributed by atoms with van der Waals surface area (Å²) in [7, 11) is 0. The van der Waals surface area contributed by atoms with Gasteiger partial charge in [0.15, 0.2) is 0 Å². The van der Waals surface area contributed by atoms with Gasteiger partial charge in [-0.05, 0) is 41.8 Å². The number of hydrogen-bond donors (Lipinski definition) is 1. The van der Waals surface area contributed by atoms with Crippen molar-refractivity contribution in [2.75, 3.05) is 12.3 Å². The number of carbonyl (C=O) groups is 2. The maximum atomic E-state index is 13.5. The summed E-state index contributed by atoms with van der Waals surface area (Å²) in [5.74, 6) is 0.595. The zero-order chi connectivity index (χ0) is 24.3. The maximum Gasteiger partial charge on any atom is 0.243 e. The number of hydrogen-bond acceptors (Lipinski definition) is 3. The van der Waals surface area contributed by atoms with Crippen molar-refractivity contribution in [3.05, 3.63) is 106 Å². The van der Waals surface area contributed by atoms with Gasteiger partial charge in [-0.25, -0.2) is 0 Å². The first kappa shape index (κ1) is 26.1. The van der Waals surface area contributed by atoms with E-state index in [-0.39, 0.29) is 17.6 Å². The van der Waals surface area contributed by atoms with E-state index in [0.717, 1.165) is 16.7 Å². The van der Waals surface area contributed by atoms with E-state index in [1.165, 1.54) is 11.8 Å². The summed E-state index contributed by atoms with van der Waals surface area (Å²) in [5.41, 5.74) is 2.89. The zero-order valence-corrected chi connectivity index (χ0v) is 21.4. The Hall–Kier alpha value is -2.47. The van der Waals surface area contributed by atoms with Crippen molar-refractivity contribution in [3.63, 3.8) is 0 Å². The summed E-state index contributed by atoms with van der Waals surface area (Å²) in [6, 6.07) is 24.1. The Morgan fingerprint density at radius 1 is 0.912 bits per heavy atom. The van der Waals surface area contributed by atoms with E-state index in [0.29, 0.717) is 35.3 Å². The molecule has 34 heavy (non-hydrogen) atoms. The molecule has 0 saturated carbocycles. The third kappa shape index (κ3) is 7.79. The molecule has 4 nitrogen and oxygen atoms in total. The van der Waals surface area contributed by atoms with Gasteiger partial charge in [0.25, 0.3) is 0 Å². The molecule has 1 atom stereocenters. The van der Waals surface area contributed by atoms with Crippen LogP contribution in [0.15, 0.2) is 78.9 Å². The van der Waals surface area contributed by atoms with Crippen LogP contribution in [0.25, 0.3) is 0 Å². The normalized spacial score (nSPS) is 11.6. The molecule has 3 aromatic carbocycles. The minimum Gasteiger partial charge on any atom is -0.355 e. The average Bonchev–Trinajstić information content (AvgIpc) is 2.84. The van der Waals surface area contributed by atoms with Gasteiger partial charge in [-0.3, -0.25) is 9.59 Å². The molecule has 178 valence electrons. The van der Waals surface area contributed by atoms with E-state index in [2.05, 4.69) is 5.32 Å². The van der Waals surface area contributed by atoms with Gasteiger partial charge < -0.3 is 10.2 Å². The van der Waals surface area contributed by atoms with E-state index in [1.807, 2.05) is 73.7 Å². The van der Waals surface area contributed by atoms with Crippen molar-refractivity contribution < 1.29 is 9.59 Å². The molecule has 0 heterocycles. The van der Waals surface area contributed by atoms with E-state index >= 15 is 0 Å². The Morgan fingerprint density at radius 2 is 1.59 bits per heavy atom. The third-order valence-corrected chi connectivity index (χ3v) is 6.92. The fourth-order valence-corrected chi connectivity index (χ4v) is 4.90. The van der Waals surface area contributed by atoms with E-state index in [4.69, 9.17) is 23.2 Å². The largest absolute Gasteiger partial charge is 0.355 e. The number of amides is 2. The molecule has 0 aliphatic rings. The smallest absolute Gasteiger partial charge is 0.243 e. The van der Waals surface area contributed by atoms with Gasteiger partial charge in [0.05, 0.1) is 5.75 Å². The van der Waals surface area contributed by atoms with Crippen molar-refractivity contribution in [1.29, 1.82) is 0 Å². The lowest BCUT2D eigenvalue weighted by molar-refractivity contribution is -0.139. The first-order chi connectivity index (χ1) is 16.5. The molecule has 0 bridgehead atoms. The molecule has 3 rings (SSSR count). The predicted octanol–water partition coefficient (Wildman–Crippen LogP) is 6.00. The molecule has 0 aromatic heterocycles. The highest BCUT2D eigenvalue weighted by atomic mass is 35.5. The second kappa shape index (κ2) is 13.4. The summed E-state index contributed by atoms with van der Waals surface area (Å²) in [5, 5.41) is 4.22. The van der Waals surface area contributed by atoms with Gasteiger partial charge in [-0.2, -0.15) is 0 Å². The molecule has 2 amide bonds. The first-order valence-corrected chi connectivity index (χ1v) is 13.1. The molecule has 0 radical (unpaired) electrons. The molecule has 0 aliphatic carbocycles. The van der Waals surface area contributed by atoms with Gasteiger partial charge in [-0.1, -0.05) is 83.9 Å². The summed E-state index contributed by atoms with van der Waals surface area (Å²) < 4.78 is 0. The molecule has 0 fully saturated rings. The van der Waals surface area contributed by atoms with Crippen molar-refractivity contribution in [1.82, 2.24) is 10.2 Å². The second-order valence-corrected chi connectivity index (χ2v) is 9.66. The molecule has 3 aromatic rings. The summed E-state index contributed by atoms with van der Waals surface area (Å²) >= 11 is 13.8. The van der Waals surface area contributed by atoms with Gasteiger partial charge in [0, 0.05) is 35.3 Å². The number of rotatable bonds is 11. The predicted molar refractivity (Wildman–Crippen MR) is 142 cm³/mol. The Labute approximate surface area is 215 Å². The van der Waals surface area contributed by atoms with Gasteiger partial charge in [-0.15, -0.1) is 11.8 Å². The lowest BCUT2D eigenvalue weighted by Crippen LogP contribution is -2.51. The standard InChI is InChI=1S/C27H28Cl2N2O2S/c1-2-30-27(33)25(16-20-8-4-3-5-9-20)31(17-21-12-14-23(28)15-13-21)26(32)19-34-18-22-10-6-7-11-24(22)29/h3-15,25H,2,16-19H2,1H3,(H,30,33). The van der Waals surface area contributed by atoms with Crippen LogP contribution in [-0.2, 0) is 28.3 Å². The van der Waals surface area contributed by atoms with Crippen LogP contribution in [0.1, 0.15) is 23.6 Å². The van der Waals surface area contributed by atoms with Crippen LogP contribution in [0.5, 0.6) is 0 Å². The number of nitrogens with one attached hydrogen (secondary N) is 1. The summed E-state index contributed by atoms with van der Waals surface area (Å²) in [6.07, 6.45) is 0.432. The number of carbonyl (C=O) groups excluding carboxylic acids is 2. The summed E-state index contributed by atoms with van der Waals surface area (Å²) in [6.45, 7) is 2.69. The quantitative estimate of drug-likeness (QED) is 0.341. The Morgan fingerprint density at radius 3 is 2.26 bits per heavy atom. The van der Waals surface area contributed by atoms with Crippen LogP contribution in [-0.4, -0.2) is 35.1 Å². The molecule has 0 saturated heterocycles. The number of nitrogens with zero attached hydrogens (tertiary/aromatic N) is 1. The zero-order valence-electron chi connectivity index (χ0n) is 19.0. The van der Waals surface area contributed by atoms with E-state index in [1.54, 1.807) is 17.0 Å². The lowest BCUT2D eigenvalue weighted by atomic mass is 10.0. The molecule has 1 N–H and O–H groups in total. The second-order valence-electron chi connectivity index (χ2n) is 7.83. The van der Waals surface area contributed by atoms with Gasteiger partial charge in [0.1, 0.15) is 6.04 Å². The Bertz CT molecular complexity index is 1080. The topological polar surface area (TPSA) is 49.4 Å². The van der Waals surface area contributed by atoms with Gasteiger partial charge >= 0.3 is 0 Å². The average molecular weight is 516 g/mol. The van der Waals surface area contributed by atoms with Crippen LogP contribution >= 0.6 is 35.0 Å². The van der Waals surface area contributed by atoms with Crippen molar-refractivity contribution in [2.24, 2.45) is 0 Å². The minimum absolute atomic E-state index is 0.0980. The molecule has 7 heteroatoms. The van der Waals surface area contributed by atoms with Crippen LogP contribution in [0, 0.1) is 0 Å². The minimum atomic E-state index is -0.633. The van der Waals surface area contributed by atoms with E-state index in [9.17, 15) is 9.59 Å². The molecular formula is C27H28Cl2N2O2S. The third-order valence-electron chi connectivity index (χ3n) is 5.33. The lowest BCUT2D eigenvalue weighted by Gasteiger charge is -2.31. The fourth-order valence-electron chi connectivity index (χ4n) is 3.58. The van der Waals surface area contributed by atoms with Crippen LogP contribution in [0.3, 0.4) is 0 Å². The number of halogens is 2. The highest BCUT2D eigenvalue weighted by Crippen LogP contribution is 2.22. The van der Waals surface area contributed by atoms with Crippen molar-refractivity contribution in [3.8, 4) is 0 Å². The number of likely N-dealkylation sites (N-methyl/N-ethyl adjacent to an activating group) is 1. The maximum absolute atomic E-state index is 13.5. The first-order valence-electron chi connectivity index (χ1n) is 11.1. The highest BCUT2D eigenvalue weighted by molar-refractivity contribution is 7.99. The van der Waals surface area contributed by atoms with Crippen molar-refractivity contribution >= 4 is 46.8 Å². The Balaban J connectivity index is 1.82. The summed E-state index contributed by atoms with van der Waals surface area (Å²) in [4.78, 5) is 28.3. The molecular weight excluding hydrogens is 487 g/mol. The SMILES string of the molecule is CCNC(=O)C(Cc1ccccc1)N(Cc1ccc(Cl)cc1)C(=O)CSCc1ccccc1Cl. The van der Waals surface area contributed by atoms with Gasteiger partial charge in [0.2, 0.25) is 11.8 Å². The van der Waals surface area contributed by atoms with Crippen LogP contribution in [0.2, 0.25) is 10.0 Å². The van der Waals surface area contributed by atoms with Crippen molar-refractivity contribution in [2.45, 2.75) is 31.7 Å². The number of thioether (sulfide) groups is 1. The molecule has 0 spiro atoms. The fraction of sp³-hybridized carbons (Fsp3) is 0.259. The molecule has 0 aliphatic heterocycles.